The summed E-state index contributed by atoms with van der Waals surface area (Å²) >= 11 is 0. The van der Waals surface area contributed by atoms with Crippen LogP contribution >= 0.6 is 0 Å². The topological polar surface area (TPSA) is 37.2 Å². The number of nitrogens with one attached hydrogen (secondary N) is 1. The number of fused-ring (bicyclic) bond motifs is 1. The highest BCUT2D eigenvalue weighted by Crippen LogP contribution is 2.24. The third kappa shape index (κ3) is 3.22. The maximum Gasteiger partial charge on any atom is 0.0667 e. The molecule has 0 bridgehead atoms. The molecular weight excluding hydrogens is 248 g/mol. The summed E-state index contributed by atoms with van der Waals surface area (Å²) in [5, 5.41) is 14.6. The van der Waals surface area contributed by atoms with Crippen molar-refractivity contribution in [3.63, 3.8) is 0 Å². The molecule has 2 N–H and O–H groups in total. The minimum atomic E-state index is -0.259. The van der Waals surface area contributed by atoms with E-state index in [1.807, 2.05) is 0 Å². The number of aromatic nitrogens is 1. The van der Waals surface area contributed by atoms with Crippen LogP contribution in [0.5, 0.6) is 0 Å². The Morgan fingerprint density at radius 2 is 1.95 bits per heavy atom. The molecule has 3 nitrogen and oxygen atoms in total. The van der Waals surface area contributed by atoms with Crippen molar-refractivity contribution in [2.24, 2.45) is 13.0 Å². The SMILES string of the molecule is Cc1c(CNCC(O)CC(C)C)n(C)c2ccccc12. The number of rotatable bonds is 6. The van der Waals surface area contributed by atoms with Gasteiger partial charge >= 0.3 is 0 Å². The molecule has 0 saturated carbocycles. The molecule has 1 unspecified atom stereocenters. The fraction of sp³-hybridized carbons (Fsp3) is 0.529. The Kier molecular flexibility index (Phi) is 4.84. The summed E-state index contributed by atoms with van der Waals surface area (Å²) < 4.78 is 2.24. The predicted octanol–water partition coefficient (Wildman–Crippen LogP) is 2.98. The molecule has 1 aromatic heterocycles. The summed E-state index contributed by atoms with van der Waals surface area (Å²) in [6, 6.07) is 8.48. The first-order chi connectivity index (χ1) is 9.50. The van der Waals surface area contributed by atoms with Crippen molar-refractivity contribution in [3.05, 3.63) is 35.5 Å². The van der Waals surface area contributed by atoms with Crippen LogP contribution in [0.1, 0.15) is 31.5 Å². The maximum absolute atomic E-state index is 9.91. The summed E-state index contributed by atoms with van der Waals surface area (Å²) in [7, 11) is 2.11. The molecule has 1 aromatic carbocycles. The molecule has 0 aliphatic heterocycles. The lowest BCUT2D eigenvalue weighted by atomic mass is 10.1. The smallest absolute Gasteiger partial charge is 0.0667 e. The zero-order valence-corrected chi connectivity index (χ0v) is 13.0. The van der Waals surface area contributed by atoms with Crippen molar-refractivity contribution in [1.82, 2.24) is 9.88 Å². The molecule has 1 atom stereocenters. The quantitative estimate of drug-likeness (QED) is 0.849. The molecule has 0 radical (unpaired) electrons. The summed E-state index contributed by atoms with van der Waals surface area (Å²) in [6.07, 6.45) is 0.589. The fourth-order valence-electron chi connectivity index (χ4n) is 2.87. The number of benzene rings is 1. The average molecular weight is 274 g/mol. The third-order valence-electron chi connectivity index (χ3n) is 3.92. The summed E-state index contributed by atoms with van der Waals surface area (Å²) in [5.41, 5.74) is 3.89. The van der Waals surface area contributed by atoms with E-state index in [-0.39, 0.29) is 6.10 Å². The van der Waals surface area contributed by atoms with E-state index in [9.17, 15) is 5.11 Å². The summed E-state index contributed by atoms with van der Waals surface area (Å²) in [4.78, 5) is 0. The van der Waals surface area contributed by atoms with Crippen molar-refractivity contribution in [2.75, 3.05) is 6.54 Å². The van der Waals surface area contributed by atoms with E-state index in [0.29, 0.717) is 12.5 Å². The van der Waals surface area contributed by atoms with Gasteiger partial charge in [0, 0.05) is 36.7 Å². The van der Waals surface area contributed by atoms with Gasteiger partial charge in [-0.25, -0.2) is 0 Å². The van der Waals surface area contributed by atoms with Gasteiger partial charge in [0.2, 0.25) is 0 Å². The number of hydrogen-bond acceptors (Lipinski definition) is 2. The monoisotopic (exact) mass is 274 g/mol. The van der Waals surface area contributed by atoms with E-state index in [1.54, 1.807) is 0 Å². The molecule has 0 saturated heterocycles. The highest BCUT2D eigenvalue weighted by atomic mass is 16.3. The molecular formula is C17H26N2O. The van der Waals surface area contributed by atoms with Crippen LogP contribution in [0.25, 0.3) is 10.9 Å². The summed E-state index contributed by atoms with van der Waals surface area (Å²) in [5.74, 6) is 0.533. The van der Waals surface area contributed by atoms with Gasteiger partial charge < -0.3 is 15.0 Å². The molecule has 0 aliphatic rings. The van der Waals surface area contributed by atoms with Crippen LogP contribution in [0.3, 0.4) is 0 Å². The van der Waals surface area contributed by atoms with E-state index >= 15 is 0 Å². The molecule has 0 aliphatic carbocycles. The minimum absolute atomic E-state index is 0.259. The van der Waals surface area contributed by atoms with Gasteiger partial charge in [-0.1, -0.05) is 32.0 Å². The average Bonchev–Trinajstić information content (AvgIpc) is 2.63. The molecule has 2 aromatic rings. The Labute approximate surface area is 121 Å². The fourth-order valence-corrected chi connectivity index (χ4v) is 2.87. The lowest BCUT2D eigenvalue weighted by molar-refractivity contribution is 0.146. The zero-order chi connectivity index (χ0) is 14.7. The Balaban J connectivity index is 2.03. The first-order valence-corrected chi connectivity index (χ1v) is 7.42. The highest BCUT2D eigenvalue weighted by molar-refractivity contribution is 5.85. The number of nitrogens with zero attached hydrogens (tertiary/aromatic N) is 1. The molecule has 1 heterocycles. The van der Waals surface area contributed by atoms with Gasteiger partial charge in [-0.15, -0.1) is 0 Å². The number of aryl methyl sites for hydroxylation is 2. The third-order valence-corrected chi connectivity index (χ3v) is 3.92. The van der Waals surface area contributed by atoms with E-state index in [2.05, 4.69) is 62.0 Å². The van der Waals surface area contributed by atoms with Crippen molar-refractivity contribution in [1.29, 1.82) is 0 Å². The first-order valence-electron chi connectivity index (χ1n) is 7.42. The standard InChI is InChI=1S/C17H26N2O/c1-12(2)9-14(20)10-18-11-17-13(3)15-7-5-6-8-16(15)19(17)4/h5-8,12,14,18,20H,9-11H2,1-4H3. The van der Waals surface area contributed by atoms with Crippen molar-refractivity contribution < 1.29 is 5.11 Å². The van der Waals surface area contributed by atoms with Gasteiger partial charge in [0.15, 0.2) is 0 Å². The molecule has 0 fully saturated rings. The lowest BCUT2D eigenvalue weighted by Gasteiger charge is -2.14. The molecule has 2 rings (SSSR count). The molecule has 20 heavy (non-hydrogen) atoms. The van der Waals surface area contributed by atoms with Crippen molar-refractivity contribution >= 4 is 10.9 Å². The van der Waals surface area contributed by atoms with Crippen LogP contribution in [-0.4, -0.2) is 22.3 Å². The van der Waals surface area contributed by atoms with Gasteiger partial charge in [0.1, 0.15) is 0 Å². The van der Waals surface area contributed by atoms with Crippen LogP contribution in [0.4, 0.5) is 0 Å². The second-order valence-corrected chi connectivity index (χ2v) is 6.06. The van der Waals surface area contributed by atoms with E-state index in [0.717, 1.165) is 13.0 Å². The number of aliphatic hydroxyl groups is 1. The molecule has 0 amide bonds. The van der Waals surface area contributed by atoms with Gasteiger partial charge in [-0.05, 0) is 30.9 Å². The van der Waals surface area contributed by atoms with Crippen molar-refractivity contribution in [2.45, 2.75) is 39.8 Å². The van der Waals surface area contributed by atoms with E-state index in [1.165, 1.54) is 22.2 Å². The maximum atomic E-state index is 9.91. The Morgan fingerprint density at radius 1 is 1.25 bits per heavy atom. The molecule has 0 spiro atoms. The van der Waals surface area contributed by atoms with Gasteiger partial charge in [-0.2, -0.15) is 0 Å². The highest BCUT2D eigenvalue weighted by Gasteiger charge is 2.12. The number of hydrogen-bond donors (Lipinski definition) is 2. The van der Waals surface area contributed by atoms with Crippen LogP contribution in [-0.2, 0) is 13.6 Å². The van der Waals surface area contributed by atoms with Gasteiger partial charge in [0.25, 0.3) is 0 Å². The van der Waals surface area contributed by atoms with Crippen LogP contribution in [0.2, 0.25) is 0 Å². The van der Waals surface area contributed by atoms with Gasteiger partial charge in [-0.3, -0.25) is 0 Å². The van der Waals surface area contributed by atoms with E-state index < -0.39 is 0 Å². The lowest BCUT2D eigenvalue weighted by Crippen LogP contribution is -2.28. The largest absolute Gasteiger partial charge is 0.392 e. The first kappa shape index (κ1) is 15.1. The molecule has 3 heteroatoms. The Hall–Kier alpha value is -1.32. The van der Waals surface area contributed by atoms with Crippen LogP contribution < -0.4 is 5.32 Å². The predicted molar refractivity (Wildman–Crippen MR) is 84.8 cm³/mol. The summed E-state index contributed by atoms with van der Waals surface area (Å²) in [6.45, 7) is 7.89. The van der Waals surface area contributed by atoms with Crippen LogP contribution in [0, 0.1) is 12.8 Å². The van der Waals surface area contributed by atoms with E-state index in [4.69, 9.17) is 0 Å². The number of para-hydroxylation sites is 1. The molecule has 110 valence electrons. The Morgan fingerprint density at radius 3 is 2.60 bits per heavy atom. The van der Waals surface area contributed by atoms with Crippen LogP contribution in [0.15, 0.2) is 24.3 Å². The zero-order valence-electron chi connectivity index (χ0n) is 13.0. The number of aliphatic hydroxyl groups excluding tert-OH is 1. The second kappa shape index (κ2) is 6.42. The van der Waals surface area contributed by atoms with Crippen molar-refractivity contribution in [3.8, 4) is 0 Å². The van der Waals surface area contributed by atoms with Gasteiger partial charge in [0.05, 0.1) is 6.10 Å². The Bertz CT molecular complexity index is 533. The minimum Gasteiger partial charge on any atom is -0.392 e. The second-order valence-electron chi connectivity index (χ2n) is 6.06. The normalized spacial score (nSPS) is 13.3.